The number of aliphatic hydroxyl groups is 11. The van der Waals surface area contributed by atoms with Crippen LogP contribution in [-0.2, 0) is 42.7 Å². The molecule has 4 saturated heterocycles. The largest absolute Gasteiger partial charge is 0.432 e. The zero-order valence-electron chi connectivity index (χ0n) is 43.1. The summed E-state index contributed by atoms with van der Waals surface area (Å²) in [6.07, 6.45) is -16.8. The molecule has 0 unspecified atom stereocenters. The Morgan fingerprint density at radius 1 is 0.625 bits per heavy atom. The predicted molar refractivity (Wildman–Crippen MR) is 249 cm³/mol. The third-order valence-electron chi connectivity index (χ3n) is 20.6. The molecule has 0 aromatic carbocycles. The van der Waals surface area contributed by atoms with E-state index >= 15 is 0 Å². The molecule has 0 spiro atoms. The van der Waals surface area contributed by atoms with Gasteiger partial charge in [0.1, 0.15) is 79.4 Å². The van der Waals surface area contributed by atoms with Crippen LogP contribution >= 0.6 is 0 Å². The van der Waals surface area contributed by atoms with Crippen molar-refractivity contribution in [3.05, 3.63) is 11.6 Å². The van der Waals surface area contributed by atoms with E-state index in [2.05, 4.69) is 54.5 Å². The van der Waals surface area contributed by atoms with E-state index in [1.165, 1.54) is 12.5 Å². The maximum absolute atomic E-state index is 14.7. The average Bonchev–Trinajstić information content (AvgIpc) is 3.32. The highest BCUT2D eigenvalue weighted by Gasteiger charge is 2.70. The predicted octanol–water partition coefficient (Wildman–Crippen LogP) is 0.271. The summed E-state index contributed by atoms with van der Waals surface area (Å²) < 4.78 is 47.4. The van der Waals surface area contributed by atoms with Crippen molar-refractivity contribution in [3.63, 3.8) is 0 Å². The quantitative estimate of drug-likeness (QED) is 0.0839. The molecule has 20 nitrogen and oxygen atoms in total. The number of carbonyl (C=O) groups is 1. The number of esters is 1. The van der Waals surface area contributed by atoms with E-state index in [0.717, 1.165) is 44.9 Å². The molecule has 9 aliphatic rings. The molecule has 4 aliphatic heterocycles. The van der Waals surface area contributed by atoms with Crippen LogP contribution in [0.4, 0.5) is 0 Å². The van der Waals surface area contributed by atoms with Gasteiger partial charge >= 0.3 is 5.97 Å². The molecule has 0 aromatic heterocycles. The van der Waals surface area contributed by atoms with E-state index in [1.807, 2.05) is 0 Å². The monoisotopic (exact) mass is 1030 g/mol. The summed E-state index contributed by atoms with van der Waals surface area (Å²) in [4.78, 5) is 14.7. The first-order valence-corrected chi connectivity index (χ1v) is 26.5. The van der Waals surface area contributed by atoms with E-state index < -0.39 is 134 Å². The topological polar surface area (TPSA) is 313 Å². The molecule has 8 fully saturated rings. The fraction of sp³-hybridized carbons (Fsp3) is 0.942. The summed E-state index contributed by atoms with van der Waals surface area (Å²) in [7, 11) is 0. The van der Waals surface area contributed by atoms with Crippen molar-refractivity contribution in [2.45, 2.75) is 236 Å². The second-order valence-electron chi connectivity index (χ2n) is 25.4. The Bertz CT molecular complexity index is 1990. The Hall–Kier alpha value is -1.51. The molecule has 0 bridgehead atoms. The fourth-order valence-corrected chi connectivity index (χ4v) is 15.9. The summed E-state index contributed by atoms with van der Waals surface area (Å²) in [5, 5.41) is 118. The number of rotatable bonds is 9. The van der Waals surface area contributed by atoms with Crippen LogP contribution in [0.2, 0.25) is 0 Å². The third-order valence-corrected chi connectivity index (χ3v) is 20.6. The number of ether oxygens (including phenoxy) is 8. The van der Waals surface area contributed by atoms with Gasteiger partial charge in [-0.25, -0.2) is 0 Å². The summed E-state index contributed by atoms with van der Waals surface area (Å²) >= 11 is 0. The summed E-state index contributed by atoms with van der Waals surface area (Å²) in [5.41, 5.74) is -0.574. The van der Waals surface area contributed by atoms with Crippen LogP contribution in [0.3, 0.4) is 0 Å². The molecule has 412 valence electrons. The molecule has 20 heteroatoms. The number of hydrogen-bond acceptors (Lipinski definition) is 20. The van der Waals surface area contributed by atoms with E-state index in [9.17, 15) is 61.0 Å². The van der Waals surface area contributed by atoms with E-state index in [4.69, 9.17) is 37.9 Å². The molecule has 9 rings (SSSR count). The average molecular weight is 1030 g/mol. The first-order valence-electron chi connectivity index (χ1n) is 26.5. The summed E-state index contributed by atoms with van der Waals surface area (Å²) in [6.45, 7) is 16.5. The third kappa shape index (κ3) is 8.87. The highest BCUT2D eigenvalue weighted by atomic mass is 16.8. The molecule has 26 atom stereocenters. The standard InChI is InChI=1S/C52H84O20/c1-23-32(56)41(71-42-36(60)33(57)26(54)21-65-42)39(63)45(67-23)70-40-27(55)22-66-43(38(40)62)69-31-12-13-49(6)29(48(31,4)5)11-14-51(8)30(49)10-9-24-25-19-47(2,3)15-17-52(25,18-16-50(24,51)7)46(64)72-44-37(61)35(59)34(58)28(20-53)68-44/h9,23,25-45,53-63H,10-22H2,1-8H3/t23-,25-,26+,27-,28+,29-,30+,31-,32-,33-,34+,35-,36+,37+,38+,39+,40-,41+,42-,43-,44-,45-,49-,50+,51+,52-/m0/s1. The fourth-order valence-electron chi connectivity index (χ4n) is 15.9. The SMILES string of the molecule is C[C@@H]1O[C@@H](O[C@@H]2[C@@H](O)[C@H](O[C@H]3CC[C@]4(C)[C@H]5CC=C6[C@@H]7CC(C)(C)CC[C@]7(C(=O)O[C@@H]7O[C@H](CO)[C@@H](O)[C@H](O)[C@H]7O)CC[C@@]6(C)[C@]5(C)CC[C@H]4C3(C)C)OC[C@@H]2O)[C@H](O)[C@H](O[C@@H]2OC[C@@H](O)[C@H](O)[C@H]2O)[C@H]1O. The lowest BCUT2D eigenvalue weighted by Crippen LogP contribution is -2.66. The molecule has 0 amide bonds. The van der Waals surface area contributed by atoms with Crippen LogP contribution in [0, 0.1) is 50.2 Å². The molecule has 72 heavy (non-hydrogen) atoms. The number of fused-ring (bicyclic) bond motifs is 7. The van der Waals surface area contributed by atoms with Crippen LogP contribution in [0.25, 0.3) is 0 Å². The van der Waals surface area contributed by atoms with Crippen molar-refractivity contribution in [3.8, 4) is 0 Å². The molecule has 5 aliphatic carbocycles. The van der Waals surface area contributed by atoms with Crippen LogP contribution in [-0.4, -0.2) is 199 Å². The smallest absolute Gasteiger partial charge is 0.315 e. The van der Waals surface area contributed by atoms with Crippen LogP contribution in [0.15, 0.2) is 11.6 Å². The van der Waals surface area contributed by atoms with Crippen molar-refractivity contribution in [1.29, 1.82) is 0 Å². The van der Waals surface area contributed by atoms with Gasteiger partial charge in [0, 0.05) is 0 Å². The van der Waals surface area contributed by atoms with Gasteiger partial charge in [-0.15, -0.1) is 0 Å². The van der Waals surface area contributed by atoms with Gasteiger partial charge in [-0.05, 0) is 116 Å². The Morgan fingerprint density at radius 3 is 1.94 bits per heavy atom. The van der Waals surface area contributed by atoms with Gasteiger partial charge in [0.05, 0.1) is 37.4 Å². The Morgan fingerprint density at radius 2 is 1.25 bits per heavy atom. The lowest BCUT2D eigenvalue weighted by Gasteiger charge is -2.71. The number of hydrogen-bond donors (Lipinski definition) is 11. The summed E-state index contributed by atoms with van der Waals surface area (Å²) in [6, 6.07) is 0. The molecule has 11 N–H and O–H groups in total. The number of aliphatic hydroxyl groups excluding tert-OH is 11. The maximum atomic E-state index is 14.7. The minimum Gasteiger partial charge on any atom is -0.432 e. The zero-order valence-corrected chi connectivity index (χ0v) is 43.1. The van der Waals surface area contributed by atoms with Gasteiger partial charge < -0.3 is 94.1 Å². The molecule has 4 heterocycles. The van der Waals surface area contributed by atoms with Crippen LogP contribution in [0.1, 0.15) is 120 Å². The lowest BCUT2D eigenvalue weighted by molar-refractivity contribution is -0.371. The molecular weight excluding hydrogens is 945 g/mol. The zero-order chi connectivity index (χ0) is 52.4. The minimum absolute atomic E-state index is 0.0562. The lowest BCUT2D eigenvalue weighted by atomic mass is 9.33. The summed E-state index contributed by atoms with van der Waals surface area (Å²) in [5.74, 6) is -0.131. The second-order valence-corrected chi connectivity index (χ2v) is 25.4. The van der Waals surface area contributed by atoms with Crippen molar-refractivity contribution < 1.29 is 98.9 Å². The minimum atomic E-state index is -1.72. The van der Waals surface area contributed by atoms with Gasteiger partial charge in [0.2, 0.25) is 6.29 Å². The van der Waals surface area contributed by atoms with Crippen molar-refractivity contribution >= 4 is 5.97 Å². The Labute approximate surface area is 421 Å². The highest BCUT2D eigenvalue weighted by molar-refractivity contribution is 5.79. The van der Waals surface area contributed by atoms with Crippen molar-refractivity contribution in [2.75, 3.05) is 19.8 Å². The van der Waals surface area contributed by atoms with E-state index in [1.54, 1.807) is 0 Å². The number of allylic oxidation sites excluding steroid dienone is 2. The molecular formula is C52H84O20. The normalized spacial score (nSPS) is 54.2. The Balaban J connectivity index is 0.897. The van der Waals surface area contributed by atoms with Gasteiger partial charge in [-0.3, -0.25) is 4.79 Å². The second kappa shape index (κ2) is 19.7. The van der Waals surface area contributed by atoms with Crippen molar-refractivity contribution in [2.24, 2.45) is 50.2 Å². The molecule has 0 radical (unpaired) electrons. The van der Waals surface area contributed by atoms with E-state index in [0.29, 0.717) is 19.3 Å². The maximum Gasteiger partial charge on any atom is 0.315 e. The van der Waals surface area contributed by atoms with Gasteiger partial charge in [0.15, 0.2) is 18.9 Å². The van der Waals surface area contributed by atoms with Crippen LogP contribution < -0.4 is 0 Å². The van der Waals surface area contributed by atoms with Gasteiger partial charge in [-0.1, -0.05) is 60.1 Å². The number of carbonyl (C=O) groups excluding carboxylic acids is 1. The first-order chi connectivity index (χ1) is 33.7. The van der Waals surface area contributed by atoms with Crippen molar-refractivity contribution in [1.82, 2.24) is 0 Å². The first kappa shape index (κ1) is 55.3. The van der Waals surface area contributed by atoms with Crippen LogP contribution in [0.5, 0.6) is 0 Å². The molecule has 0 aromatic rings. The van der Waals surface area contributed by atoms with Gasteiger partial charge in [0.25, 0.3) is 0 Å². The van der Waals surface area contributed by atoms with E-state index in [-0.39, 0.29) is 58.7 Å². The Kier molecular flexibility index (Phi) is 15.2. The van der Waals surface area contributed by atoms with Gasteiger partial charge in [-0.2, -0.15) is 0 Å². The highest BCUT2D eigenvalue weighted by Crippen LogP contribution is 2.76. The molecule has 4 saturated carbocycles.